The Morgan fingerprint density at radius 2 is 2.07 bits per heavy atom. The Morgan fingerprint density at radius 3 is 2.93 bits per heavy atom. The van der Waals surface area contributed by atoms with Crippen LogP contribution in [0.5, 0.6) is 0 Å². The first-order valence-electron chi connectivity index (χ1n) is 9.87. The molecule has 0 aliphatic heterocycles. The Hall–Kier alpha value is -2.99. The highest BCUT2D eigenvalue weighted by Gasteiger charge is 2.23. The van der Waals surface area contributed by atoms with Crippen LogP contribution in [-0.2, 0) is 24.2 Å². The molecule has 146 valence electrons. The molecule has 2 heterocycles. The lowest BCUT2D eigenvalue weighted by atomic mass is 9.89. The van der Waals surface area contributed by atoms with E-state index in [2.05, 4.69) is 17.2 Å². The van der Waals surface area contributed by atoms with Crippen LogP contribution in [0.1, 0.15) is 23.8 Å². The summed E-state index contributed by atoms with van der Waals surface area (Å²) in [5.74, 6) is 0.409. The van der Waals surface area contributed by atoms with E-state index < -0.39 is 0 Å². The molecule has 29 heavy (non-hydrogen) atoms. The van der Waals surface area contributed by atoms with Crippen molar-refractivity contribution in [3.05, 3.63) is 69.6 Å². The normalized spacial score (nSPS) is 16.1. The molecule has 1 atom stereocenters. The van der Waals surface area contributed by atoms with Gasteiger partial charge < -0.3 is 5.32 Å². The fourth-order valence-electron chi connectivity index (χ4n) is 4.10. The van der Waals surface area contributed by atoms with Gasteiger partial charge in [0.05, 0.1) is 11.7 Å². The second kappa shape index (κ2) is 7.12. The van der Waals surface area contributed by atoms with E-state index in [0.29, 0.717) is 11.3 Å². The zero-order chi connectivity index (χ0) is 20.0. The molecule has 1 aliphatic carbocycles. The summed E-state index contributed by atoms with van der Waals surface area (Å²) in [6, 6.07) is 13.8. The van der Waals surface area contributed by atoms with Crippen LogP contribution in [0, 0.1) is 5.92 Å². The summed E-state index contributed by atoms with van der Waals surface area (Å²) in [6.07, 6.45) is 4.52. The fraction of sp³-hybridized carbons (Fsp3) is 0.261. The lowest BCUT2D eigenvalue weighted by molar-refractivity contribution is -0.116. The largest absolute Gasteiger partial charge is 0.325 e. The van der Waals surface area contributed by atoms with Gasteiger partial charge in [0.2, 0.25) is 5.91 Å². The minimum absolute atomic E-state index is 0.0460. The maximum atomic E-state index is 13.1. The number of amides is 1. The van der Waals surface area contributed by atoms with E-state index in [1.165, 1.54) is 15.8 Å². The van der Waals surface area contributed by atoms with Crippen LogP contribution in [0.4, 0.5) is 5.69 Å². The number of hydrogen-bond acceptors (Lipinski definition) is 4. The standard InChI is InChI=1S/C23H21N3O2S/c1-14-6-9-18-19(10-14)29-22-21(18)23(28)26(13-24-22)12-20(27)25-17-8-7-15-4-2-3-5-16(15)11-17/h2-5,7-8,11,13-14H,6,9-10,12H2,1H3,(H,25,27)/t14-/m1/s1. The minimum atomic E-state index is -0.235. The summed E-state index contributed by atoms with van der Waals surface area (Å²) < 4.78 is 1.42. The molecule has 1 aliphatic rings. The number of aromatic nitrogens is 2. The van der Waals surface area contributed by atoms with E-state index in [1.54, 1.807) is 11.3 Å². The first-order valence-corrected chi connectivity index (χ1v) is 10.7. The molecule has 1 N–H and O–H groups in total. The van der Waals surface area contributed by atoms with Gasteiger partial charge >= 0.3 is 0 Å². The molecule has 0 fully saturated rings. The van der Waals surface area contributed by atoms with Crippen molar-refractivity contribution in [2.45, 2.75) is 32.7 Å². The van der Waals surface area contributed by atoms with Crippen LogP contribution in [0.3, 0.4) is 0 Å². The van der Waals surface area contributed by atoms with Gasteiger partial charge in [0, 0.05) is 10.6 Å². The van der Waals surface area contributed by atoms with Crippen molar-refractivity contribution in [1.82, 2.24) is 9.55 Å². The van der Waals surface area contributed by atoms with Crippen LogP contribution in [0.25, 0.3) is 21.0 Å². The number of thiophene rings is 1. The molecule has 0 bridgehead atoms. The Bertz CT molecular complexity index is 1300. The number of nitrogens with zero attached hydrogens (tertiary/aromatic N) is 2. The Labute approximate surface area is 172 Å². The van der Waals surface area contributed by atoms with Crippen molar-refractivity contribution >= 4 is 43.9 Å². The number of fused-ring (bicyclic) bond motifs is 4. The molecule has 0 saturated heterocycles. The van der Waals surface area contributed by atoms with Gasteiger partial charge in [-0.1, -0.05) is 37.3 Å². The average Bonchev–Trinajstić information content (AvgIpc) is 3.08. The van der Waals surface area contributed by atoms with E-state index in [9.17, 15) is 9.59 Å². The third kappa shape index (κ3) is 3.34. The van der Waals surface area contributed by atoms with Crippen molar-refractivity contribution in [2.75, 3.05) is 5.32 Å². The quantitative estimate of drug-likeness (QED) is 0.552. The Morgan fingerprint density at radius 1 is 1.24 bits per heavy atom. The van der Waals surface area contributed by atoms with E-state index in [-0.39, 0.29) is 18.0 Å². The highest BCUT2D eigenvalue weighted by atomic mass is 32.1. The zero-order valence-electron chi connectivity index (χ0n) is 16.1. The van der Waals surface area contributed by atoms with Gasteiger partial charge in [0.1, 0.15) is 11.4 Å². The molecular formula is C23H21N3O2S. The van der Waals surface area contributed by atoms with Crippen molar-refractivity contribution in [3.63, 3.8) is 0 Å². The van der Waals surface area contributed by atoms with Gasteiger partial charge in [-0.25, -0.2) is 4.98 Å². The number of carbonyl (C=O) groups is 1. The lowest BCUT2D eigenvalue weighted by Gasteiger charge is -2.17. The second-order valence-electron chi connectivity index (χ2n) is 7.82. The first-order chi connectivity index (χ1) is 14.1. The summed E-state index contributed by atoms with van der Waals surface area (Å²) >= 11 is 1.62. The number of aryl methyl sites for hydroxylation is 1. The van der Waals surface area contributed by atoms with Crippen molar-refractivity contribution < 1.29 is 4.79 Å². The fourth-order valence-corrected chi connectivity index (χ4v) is 5.44. The number of nitrogens with one attached hydrogen (secondary N) is 1. The highest BCUT2D eigenvalue weighted by molar-refractivity contribution is 7.18. The molecule has 2 aromatic carbocycles. The molecule has 0 unspecified atom stereocenters. The summed E-state index contributed by atoms with van der Waals surface area (Å²) in [5.41, 5.74) is 1.75. The van der Waals surface area contributed by atoms with Gasteiger partial charge in [-0.2, -0.15) is 0 Å². The maximum Gasteiger partial charge on any atom is 0.262 e. The third-order valence-corrected chi connectivity index (χ3v) is 6.79. The topological polar surface area (TPSA) is 64.0 Å². The molecule has 5 rings (SSSR count). The molecule has 0 saturated carbocycles. The SMILES string of the molecule is C[C@@H]1CCc2c(sc3ncn(CC(=O)Nc4ccc5ccccc5c4)c(=O)c23)C1. The second-order valence-corrected chi connectivity index (χ2v) is 8.90. The highest BCUT2D eigenvalue weighted by Crippen LogP contribution is 2.35. The van der Waals surface area contributed by atoms with Gasteiger partial charge in [-0.15, -0.1) is 11.3 Å². The summed E-state index contributed by atoms with van der Waals surface area (Å²) in [6.45, 7) is 2.20. The third-order valence-electron chi connectivity index (χ3n) is 5.63. The van der Waals surface area contributed by atoms with Gasteiger partial charge in [-0.3, -0.25) is 14.2 Å². The van der Waals surface area contributed by atoms with E-state index in [0.717, 1.165) is 46.1 Å². The smallest absolute Gasteiger partial charge is 0.262 e. The lowest BCUT2D eigenvalue weighted by Crippen LogP contribution is -2.28. The van der Waals surface area contributed by atoms with Crippen LogP contribution < -0.4 is 10.9 Å². The van der Waals surface area contributed by atoms with Crippen LogP contribution in [-0.4, -0.2) is 15.5 Å². The van der Waals surface area contributed by atoms with Gasteiger partial charge in [0.15, 0.2) is 0 Å². The van der Waals surface area contributed by atoms with E-state index >= 15 is 0 Å². The molecular weight excluding hydrogens is 382 g/mol. The first kappa shape index (κ1) is 18.1. The van der Waals surface area contributed by atoms with Crippen molar-refractivity contribution in [3.8, 4) is 0 Å². The molecule has 2 aromatic heterocycles. The predicted molar refractivity (Wildman–Crippen MR) is 118 cm³/mol. The van der Waals surface area contributed by atoms with Crippen molar-refractivity contribution in [2.24, 2.45) is 5.92 Å². The van der Waals surface area contributed by atoms with Crippen molar-refractivity contribution in [1.29, 1.82) is 0 Å². The van der Waals surface area contributed by atoms with Crippen LogP contribution in [0.2, 0.25) is 0 Å². The summed E-state index contributed by atoms with van der Waals surface area (Å²) in [4.78, 5) is 32.2. The predicted octanol–water partition coefficient (Wildman–Crippen LogP) is 4.37. The van der Waals surface area contributed by atoms with E-state index in [1.807, 2.05) is 42.5 Å². The zero-order valence-corrected chi connectivity index (χ0v) is 17.0. The van der Waals surface area contributed by atoms with Crippen LogP contribution >= 0.6 is 11.3 Å². The van der Waals surface area contributed by atoms with E-state index in [4.69, 9.17) is 0 Å². The number of rotatable bonds is 3. The Kier molecular flexibility index (Phi) is 4.43. The molecule has 1 amide bonds. The molecule has 0 spiro atoms. The summed E-state index contributed by atoms with van der Waals surface area (Å²) in [5, 5.41) is 5.78. The Balaban J connectivity index is 1.41. The molecule has 0 radical (unpaired) electrons. The summed E-state index contributed by atoms with van der Waals surface area (Å²) in [7, 11) is 0. The molecule has 6 heteroatoms. The average molecular weight is 404 g/mol. The number of benzene rings is 2. The van der Waals surface area contributed by atoms with Crippen LogP contribution in [0.15, 0.2) is 53.6 Å². The maximum absolute atomic E-state index is 13.1. The monoisotopic (exact) mass is 403 g/mol. The van der Waals surface area contributed by atoms with Gasteiger partial charge in [0.25, 0.3) is 5.56 Å². The van der Waals surface area contributed by atoms with Gasteiger partial charge in [-0.05, 0) is 53.6 Å². The number of anilines is 1. The molecule has 5 nitrogen and oxygen atoms in total. The number of carbonyl (C=O) groups excluding carboxylic acids is 1. The minimum Gasteiger partial charge on any atom is -0.325 e. The number of hydrogen-bond donors (Lipinski definition) is 1. The molecule has 4 aromatic rings.